The highest BCUT2D eigenvalue weighted by atomic mass is 16.5. The fourth-order valence-electron chi connectivity index (χ4n) is 5.32. The maximum absolute atomic E-state index is 13.0. The monoisotopic (exact) mass is 737 g/mol. The van der Waals surface area contributed by atoms with Crippen molar-refractivity contribution < 1.29 is 14.3 Å². The molecule has 1 saturated heterocycles. The fraction of sp³-hybridized carbons (Fsp3) is 0.469. The summed E-state index contributed by atoms with van der Waals surface area (Å²) < 4.78 is 5.64. The van der Waals surface area contributed by atoms with E-state index in [1.54, 1.807) is 0 Å². The first-order chi connectivity index (χ1) is 26.7. The van der Waals surface area contributed by atoms with Crippen molar-refractivity contribution >= 4 is 11.8 Å². The van der Waals surface area contributed by atoms with Crippen LogP contribution < -0.4 is 5.32 Å². The molecule has 5 heteroatoms. The standard InChI is InChI=1S/C49H72N2O3/c1-3-5-7-9-11-13-15-17-19-21-23-25-27-29-31-33-35-37-39-41-48(52)50-45-47-46-54-44-43-51(47)49(53)42-40-38-36-34-32-30-28-26-24-22-20-18-16-14-12-10-8-6-4-2/h5-8,11-14,17-20,23-26,29-32,35-38,47H,3-4,9-10,15-16,21-22,27-28,33-34,39-46H2,1-2H3,(H,50,52)/b7-5-,8-6-,13-11-,14-12-,19-17-,20-18-,25-23-,26-24-,31-29-,32-30-,37-35-,38-36-. The highest BCUT2D eigenvalue weighted by Gasteiger charge is 2.27. The minimum absolute atomic E-state index is 0.00507. The maximum Gasteiger partial charge on any atom is 0.223 e. The van der Waals surface area contributed by atoms with Gasteiger partial charge in [0.2, 0.25) is 11.8 Å². The third kappa shape index (κ3) is 31.3. The number of hydrogen-bond acceptors (Lipinski definition) is 3. The number of amides is 2. The molecule has 0 aromatic rings. The Kier molecular flexibility index (Phi) is 34.1. The molecule has 1 aliphatic rings. The predicted molar refractivity (Wildman–Crippen MR) is 234 cm³/mol. The molecule has 0 aromatic carbocycles. The summed E-state index contributed by atoms with van der Waals surface area (Å²) in [5.41, 5.74) is 0. The molecule has 5 nitrogen and oxygen atoms in total. The minimum atomic E-state index is -0.119. The molecule has 0 spiro atoms. The lowest BCUT2D eigenvalue weighted by Gasteiger charge is -2.35. The van der Waals surface area contributed by atoms with Crippen molar-refractivity contribution in [2.45, 2.75) is 123 Å². The fourth-order valence-corrected chi connectivity index (χ4v) is 5.32. The molecule has 1 rings (SSSR count). The molecule has 1 aliphatic heterocycles. The molecule has 54 heavy (non-hydrogen) atoms. The number of nitrogens with one attached hydrogen (secondary N) is 1. The van der Waals surface area contributed by atoms with Gasteiger partial charge in [-0.05, 0) is 89.9 Å². The van der Waals surface area contributed by atoms with E-state index in [0.29, 0.717) is 52.0 Å². The SMILES string of the molecule is CC/C=C\C/C=C\C/C=C\C/C=C\C/C=C\C/C=C\CCC(=O)NCC1COCCN1C(=O)CC/C=C\C/C=C\C/C=C\C/C=C\C/C=C\C/C=C\CC. The highest BCUT2D eigenvalue weighted by molar-refractivity contribution is 5.78. The van der Waals surface area contributed by atoms with Gasteiger partial charge in [0, 0.05) is 25.9 Å². The highest BCUT2D eigenvalue weighted by Crippen LogP contribution is 2.10. The first-order valence-corrected chi connectivity index (χ1v) is 20.6. The Hall–Kier alpha value is -4.22. The smallest absolute Gasteiger partial charge is 0.223 e. The summed E-state index contributed by atoms with van der Waals surface area (Å²) in [6.45, 7) is 6.30. The second-order valence-electron chi connectivity index (χ2n) is 13.0. The maximum atomic E-state index is 13.0. The summed E-state index contributed by atoms with van der Waals surface area (Å²) in [5, 5.41) is 3.01. The molecule has 0 aliphatic carbocycles. The van der Waals surface area contributed by atoms with Gasteiger partial charge in [-0.3, -0.25) is 9.59 Å². The van der Waals surface area contributed by atoms with Crippen LogP contribution in [0.25, 0.3) is 0 Å². The topological polar surface area (TPSA) is 58.6 Å². The lowest BCUT2D eigenvalue weighted by atomic mass is 10.1. The first kappa shape index (κ1) is 47.8. The Morgan fingerprint density at radius 2 is 0.833 bits per heavy atom. The van der Waals surface area contributed by atoms with Gasteiger partial charge in [0.15, 0.2) is 0 Å². The van der Waals surface area contributed by atoms with Crippen molar-refractivity contribution in [2.75, 3.05) is 26.3 Å². The summed E-state index contributed by atoms with van der Waals surface area (Å²) in [6.07, 6.45) is 66.4. The lowest BCUT2D eigenvalue weighted by molar-refractivity contribution is -0.140. The molecule has 1 fully saturated rings. The normalized spacial score (nSPS) is 16.3. The van der Waals surface area contributed by atoms with Crippen LogP contribution in [0.3, 0.4) is 0 Å². The van der Waals surface area contributed by atoms with E-state index < -0.39 is 0 Å². The Labute approximate surface area is 330 Å². The van der Waals surface area contributed by atoms with Gasteiger partial charge < -0.3 is 15.0 Å². The second kappa shape index (κ2) is 38.5. The van der Waals surface area contributed by atoms with Crippen LogP contribution in [0.2, 0.25) is 0 Å². The lowest BCUT2D eigenvalue weighted by Crippen LogP contribution is -2.53. The number of allylic oxidation sites excluding steroid dienone is 24. The molecule has 0 radical (unpaired) electrons. The summed E-state index contributed by atoms with van der Waals surface area (Å²) in [4.78, 5) is 27.3. The zero-order chi connectivity index (χ0) is 38.8. The van der Waals surface area contributed by atoms with Crippen LogP contribution in [0.4, 0.5) is 0 Å². The number of carbonyl (C=O) groups excluding carboxylic acids is 2. The molecule has 1 unspecified atom stereocenters. The molecule has 1 heterocycles. The predicted octanol–water partition coefficient (Wildman–Crippen LogP) is 12.3. The van der Waals surface area contributed by atoms with E-state index in [4.69, 9.17) is 4.74 Å². The average Bonchev–Trinajstić information content (AvgIpc) is 3.18. The molecule has 1 N–H and O–H groups in total. The summed E-state index contributed by atoms with van der Waals surface area (Å²) in [6, 6.07) is -0.119. The number of morpholine rings is 1. The quantitative estimate of drug-likeness (QED) is 0.0747. The van der Waals surface area contributed by atoms with E-state index in [2.05, 4.69) is 165 Å². The number of rotatable bonds is 30. The molecule has 0 aromatic heterocycles. The Morgan fingerprint density at radius 3 is 1.20 bits per heavy atom. The minimum Gasteiger partial charge on any atom is -0.377 e. The van der Waals surface area contributed by atoms with E-state index in [-0.39, 0.29) is 17.9 Å². The summed E-state index contributed by atoms with van der Waals surface area (Å²) in [7, 11) is 0. The Bertz CT molecular complexity index is 1300. The molecule has 0 bridgehead atoms. The van der Waals surface area contributed by atoms with Crippen molar-refractivity contribution in [1.29, 1.82) is 0 Å². The van der Waals surface area contributed by atoms with Gasteiger partial charge in [0.25, 0.3) is 0 Å². The Morgan fingerprint density at radius 1 is 0.500 bits per heavy atom. The van der Waals surface area contributed by atoms with Crippen molar-refractivity contribution in [3.05, 3.63) is 146 Å². The zero-order valence-corrected chi connectivity index (χ0v) is 33.7. The van der Waals surface area contributed by atoms with E-state index in [9.17, 15) is 9.59 Å². The molecule has 0 saturated carbocycles. The molecule has 1 atom stereocenters. The zero-order valence-electron chi connectivity index (χ0n) is 33.7. The van der Waals surface area contributed by atoms with E-state index >= 15 is 0 Å². The molecule has 2 amide bonds. The van der Waals surface area contributed by atoms with Crippen LogP contribution in [0.5, 0.6) is 0 Å². The van der Waals surface area contributed by atoms with Crippen molar-refractivity contribution in [3.8, 4) is 0 Å². The van der Waals surface area contributed by atoms with Crippen LogP contribution in [0, 0.1) is 0 Å². The van der Waals surface area contributed by atoms with Gasteiger partial charge in [0.05, 0.1) is 19.3 Å². The van der Waals surface area contributed by atoms with Crippen molar-refractivity contribution in [3.63, 3.8) is 0 Å². The number of nitrogens with zero attached hydrogens (tertiary/aromatic N) is 1. The van der Waals surface area contributed by atoms with Crippen LogP contribution in [0.1, 0.15) is 117 Å². The van der Waals surface area contributed by atoms with Crippen LogP contribution >= 0.6 is 0 Å². The van der Waals surface area contributed by atoms with Crippen molar-refractivity contribution in [1.82, 2.24) is 10.2 Å². The van der Waals surface area contributed by atoms with E-state index in [1.165, 1.54) is 0 Å². The van der Waals surface area contributed by atoms with Gasteiger partial charge >= 0.3 is 0 Å². The molecule has 296 valence electrons. The van der Waals surface area contributed by atoms with E-state index in [1.807, 2.05) is 4.90 Å². The van der Waals surface area contributed by atoms with Gasteiger partial charge in [-0.1, -0.05) is 160 Å². The van der Waals surface area contributed by atoms with Crippen LogP contribution in [-0.2, 0) is 14.3 Å². The van der Waals surface area contributed by atoms with Gasteiger partial charge in [0.1, 0.15) is 0 Å². The molecular formula is C49H72N2O3. The van der Waals surface area contributed by atoms with Crippen LogP contribution in [-0.4, -0.2) is 49.1 Å². The summed E-state index contributed by atoms with van der Waals surface area (Å²) >= 11 is 0. The largest absolute Gasteiger partial charge is 0.377 e. The first-order valence-electron chi connectivity index (χ1n) is 20.6. The number of hydrogen-bond donors (Lipinski definition) is 1. The number of ether oxygens (including phenoxy) is 1. The molecular weight excluding hydrogens is 665 g/mol. The third-order valence-corrected chi connectivity index (χ3v) is 8.34. The Balaban J connectivity index is 2.13. The summed E-state index contributed by atoms with van der Waals surface area (Å²) in [5.74, 6) is 0.125. The average molecular weight is 737 g/mol. The van der Waals surface area contributed by atoms with E-state index in [0.717, 1.165) is 77.0 Å². The van der Waals surface area contributed by atoms with Crippen molar-refractivity contribution in [2.24, 2.45) is 0 Å². The van der Waals surface area contributed by atoms with Crippen LogP contribution in [0.15, 0.2) is 146 Å². The van der Waals surface area contributed by atoms with Gasteiger partial charge in [-0.15, -0.1) is 0 Å². The number of carbonyl (C=O) groups is 2. The second-order valence-corrected chi connectivity index (χ2v) is 13.0. The third-order valence-electron chi connectivity index (χ3n) is 8.34. The van der Waals surface area contributed by atoms with Gasteiger partial charge in [-0.25, -0.2) is 0 Å². The van der Waals surface area contributed by atoms with Gasteiger partial charge in [-0.2, -0.15) is 0 Å².